The van der Waals surface area contributed by atoms with Gasteiger partial charge >= 0.3 is 6.18 Å². The monoisotopic (exact) mass is 430 g/mol. The Labute approximate surface area is 166 Å². The summed E-state index contributed by atoms with van der Waals surface area (Å²) in [5.74, 6) is -1.03. The van der Waals surface area contributed by atoms with E-state index in [0.29, 0.717) is 24.2 Å². The summed E-state index contributed by atoms with van der Waals surface area (Å²) in [4.78, 5) is 12.7. The molecule has 1 aromatic carbocycles. The Kier molecular flexibility index (Phi) is 5.72. The van der Waals surface area contributed by atoms with E-state index < -0.39 is 33.6 Å². The maximum absolute atomic E-state index is 13.0. The Morgan fingerprint density at radius 1 is 1.24 bits per heavy atom. The van der Waals surface area contributed by atoms with E-state index in [2.05, 4.69) is 15.5 Å². The molecule has 1 aromatic heterocycles. The number of aromatic nitrogens is 2. The van der Waals surface area contributed by atoms with Crippen LogP contribution in [0.2, 0.25) is 0 Å². The van der Waals surface area contributed by atoms with Crippen molar-refractivity contribution in [2.75, 3.05) is 18.4 Å². The molecule has 0 aliphatic carbocycles. The molecule has 11 heteroatoms. The molecule has 1 fully saturated rings. The molecule has 0 spiro atoms. The van der Waals surface area contributed by atoms with Crippen LogP contribution in [0.25, 0.3) is 0 Å². The summed E-state index contributed by atoms with van der Waals surface area (Å²) in [6.45, 7) is 3.50. The highest BCUT2D eigenvalue weighted by atomic mass is 32.2. The first-order chi connectivity index (χ1) is 13.5. The number of nitrogens with zero attached hydrogens (tertiary/aromatic N) is 2. The smallest absolute Gasteiger partial charge is 0.326 e. The second-order valence-electron chi connectivity index (χ2n) is 7.03. The van der Waals surface area contributed by atoms with Gasteiger partial charge in [-0.25, -0.2) is 8.42 Å². The van der Waals surface area contributed by atoms with Gasteiger partial charge in [0, 0.05) is 18.8 Å². The molecule has 0 saturated carbocycles. The summed E-state index contributed by atoms with van der Waals surface area (Å²) in [6, 6.07) is 4.13. The van der Waals surface area contributed by atoms with E-state index >= 15 is 0 Å². The fourth-order valence-corrected chi connectivity index (χ4v) is 5.27. The van der Waals surface area contributed by atoms with Crippen LogP contribution in [-0.2, 0) is 21.0 Å². The summed E-state index contributed by atoms with van der Waals surface area (Å²) in [5.41, 5.74) is 0.207. The third-order valence-electron chi connectivity index (χ3n) is 4.89. The lowest BCUT2D eigenvalue weighted by Gasteiger charge is -2.31. The van der Waals surface area contributed by atoms with Gasteiger partial charge in [0.1, 0.15) is 4.90 Å². The topological polar surface area (TPSA) is 95.2 Å². The number of carbonyl (C=O) groups is 1. The van der Waals surface area contributed by atoms with Gasteiger partial charge in [0.05, 0.1) is 22.9 Å². The SMILES string of the molecule is Cc1n[nH]c(C)c1S(=O)(=O)N1CCC[C@H](C(=O)Nc2ccc(C(F)(F)F)cc2)C1. The minimum Gasteiger partial charge on any atom is -0.326 e. The van der Waals surface area contributed by atoms with Crippen molar-refractivity contribution in [3.05, 3.63) is 41.2 Å². The molecule has 0 radical (unpaired) electrons. The number of aryl methyl sites for hydroxylation is 2. The number of sulfonamides is 1. The molecule has 0 unspecified atom stereocenters. The second-order valence-corrected chi connectivity index (χ2v) is 8.90. The molecule has 1 atom stereocenters. The lowest BCUT2D eigenvalue weighted by atomic mass is 9.98. The number of benzene rings is 1. The highest BCUT2D eigenvalue weighted by Gasteiger charge is 2.36. The molecule has 1 aliphatic heterocycles. The first-order valence-corrected chi connectivity index (χ1v) is 10.4. The lowest BCUT2D eigenvalue weighted by molar-refractivity contribution is -0.137. The summed E-state index contributed by atoms with van der Waals surface area (Å²) in [7, 11) is -3.81. The molecule has 1 amide bonds. The number of amides is 1. The third kappa shape index (κ3) is 4.45. The van der Waals surface area contributed by atoms with Crippen LogP contribution in [0.15, 0.2) is 29.2 Å². The fraction of sp³-hybridized carbons (Fsp3) is 0.444. The molecule has 7 nitrogen and oxygen atoms in total. The van der Waals surface area contributed by atoms with Crippen molar-refractivity contribution in [2.45, 2.75) is 37.8 Å². The highest BCUT2D eigenvalue weighted by molar-refractivity contribution is 7.89. The van der Waals surface area contributed by atoms with Gasteiger partial charge in [0.15, 0.2) is 0 Å². The van der Waals surface area contributed by atoms with E-state index in [9.17, 15) is 26.4 Å². The van der Waals surface area contributed by atoms with Crippen molar-refractivity contribution in [3.8, 4) is 0 Å². The van der Waals surface area contributed by atoms with Crippen molar-refractivity contribution >= 4 is 21.6 Å². The van der Waals surface area contributed by atoms with Gasteiger partial charge in [-0.3, -0.25) is 9.89 Å². The predicted molar refractivity (Wildman–Crippen MR) is 99.6 cm³/mol. The molecular weight excluding hydrogens is 409 g/mol. The molecule has 29 heavy (non-hydrogen) atoms. The van der Waals surface area contributed by atoms with Crippen LogP contribution in [0.3, 0.4) is 0 Å². The predicted octanol–water partition coefficient (Wildman–Crippen LogP) is 3.08. The van der Waals surface area contributed by atoms with Gasteiger partial charge in [-0.15, -0.1) is 0 Å². The highest BCUT2D eigenvalue weighted by Crippen LogP contribution is 2.30. The maximum atomic E-state index is 13.0. The number of H-pyrrole nitrogens is 1. The Morgan fingerprint density at radius 2 is 1.90 bits per heavy atom. The number of halogens is 3. The van der Waals surface area contributed by atoms with Gasteiger partial charge in [0.2, 0.25) is 15.9 Å². The Bertz CT molecular complexity index is 981. The van der Waals surface area contributed by atoms with Crippen molar-refractivity contribution in [1.82, 2.24) is 14.5 Å². The molecule has 3 rings (SSSR count). The van der Waals surface area contributed by atoms with Gasteiger partial charge in [0.25, 0.3) is 0 Å². The maximum Gasteiger partial charge on any atom is 0.416 e. The first-order valence-electron chi connectivity index (χ1n) is 9.00. The van der Waals surface area contributed by atoms with Crippen LogP contribution in [0.4, 0.5) is 18.9 Å². The number of aromatic amines is 1. The lowest BCUT2D eigenvalue weighted by Crippen LogP contribution is -2.43. The molecule has 2 N–H and O–H groups in total. The summed E-state index contributed by atoms with van der Waals surface area (Å²) < 4.78 is 65.1. The average molecular weight is 430 g/mol. The van der Waals surface area contributed by atoms with Crippen LogP contribution in [0, 0.1) is 19.8 Å². The zero-order valence-electron chi connectivity index (χ0n) is 15.9. The van der Waals surface area contributed by atoms with Crippen LogP contribution in [0.1, 0.15) is 29.8 Å². The number of nitrogens with one attached hydrogen (secondary N) is 2. The largest absolute Gasteiger partial charge is 0.416 e. The number of hydrogen-bond acceptors (Lipinski definition) is 4. The minimum atomic E-state index is -4.45. The fourth-order valence-electron chi connectivity index (χ4n) is 3.41. The second kappa shape index (κ2) is 7.79. The zero-order valence-corrected chi connectivity index (χ0v) is 16.7. The molecule has 158 valence electrons. The van der Waals surface area contributed by atoms with Gasteiger partial charge in [-0.2, -0.15) is 22.6 Å². The number of anilines is 1. The van der Waals surface area contributed by atoms with E-state index in [0.717, 1.165) is 12.1 Å². The molecule has 2 heterocycles. The van der Waals surface area contributed by atoms with E-state index in [1.807, 2.05) is 0 Å². The number of rotatable bonds is 4. The molecule has 2 aromatic rings. The van der Waals surface area contributed by atoms with Crippen LogP contribution in [-0.4, -0.2) is 41.9 Å². The Hall–Kier alpha value is -2.40. The van der Waals surface area contributed by atoms with Crippen LogP contribution in [0.5, 0.6) is 0 Å². The van der Waals surface area contributed by atoms with Crippen LogP contribution >= 0.6 is 0 Å². The quantitative estimate of drug-likeness (QED) is 0.779. The number of alkyl halides is 3. The average Bonchev–Trinajstić information content (AvgIpc) is 3.00. The summed E-state index contributed by atoms with van der Waals surface area (Å²) in [6.07, 6.45) is -3.47. The van der Waals surface area contributed by atoms with Gasteiger partial charge in [-0.05, 0) is 51.0 Å². The summed E-state index contributed by atoms with van der Waals surface area (Å²) >= 11 is 0. The van der Waals surface area contributed by atoms with E-state index in [1.54, 1.807) is 13.8 Å². The van der Waals surface area contributed by atoms with Crippen molar-refractivity contribution < 1.29 is 26.4 Å². The summed E-state index contributed by atoms with van der Waals surface area (Å²) in [5, 5.41) is 9.14. The third-order valence-corrected chi connectivity index (χ3v) is 7.02. The minimum absolute atomic E-state index is 0.00113. The first kappa shape index (κ1) is 21.3. The van der Waals surface area contributed by atoms with Gasteiger partial charge in [-0.1, -0.05) is 0 Å². The van der Waals surface area contributed by atoms with Crippen molar-refractivity contribution in [3.63, 3.8) is 0 Å². The standard InChI is InChI=1S/C18H21F3N4O3S/c1-11-16(12(2)24-23-11)29(27,28)25-9-3-4-13(10-25)17(26)22-15-7-5-14(6-8-15)18(19,20)21/h5-8,13H,3-4,9-10H2,1-2H3,(H,22,26)(H,23,24)/t13-/m0/s1. The molecule has 1 saturated heterocycles. The normalized spacial score (nSPS) is 18.6. The van der Waals surface area contributed by atoms with Gasteiger partial charge < -0.3 is 5.32 Å². The zero-order chi connectivity index (χ0) is 21.4. The van der Waals surface area contributed by atoms with E-state index in [1.165, 1.54) is 16.4 Å². The number of piperidine rings is 1. The van der Waals surface area contributed by atoms with Crippen molar-refractivity contribution in [2.24, 2.45) is 5.92 Å². The number of hydrogen-bond donors (Lipinski definition) is 2. The molecular formula is C18H21F3N4O3S. The van der Waals surface area contributed by atoms with Crippen LogP contribution < -0.4 is 5.32 Å². The Balaban J connectivity index is 1.71. The molecule has 1 aliphatic rings. The Morgan fingerprint density at radius 3 is 2.45 bits per heavy atom. The number of carbonyl (C=O) groups excluding carboxylic acids is 1. The van der Waals surface area contributed by atoms with Crippen molar-refractivity contribution in [1.29, 1.82) is 0 Å². The van der Waals surface area contributed by atoms with E-state index in [4.69, 9.17) is 0 Å². The van der Waals surface area contributed by atoms with E-state index in [-0.39, 0.29) is 23.7 Å². The molecule has 0 bridgehead atoms.